The van der Waals surface area contributed by atoms with Crippen LogP contribution < -0.4 is 10.1 Å². The Bertz CT molecular complexity index is 778. The second-order valence-corrected chi connectivity index (χ2v) is 7.15. The van der Waals surface area contributed by atoms with Crippen LogP contribution in [-0.4, -0.2) is 41.9 Å². The Labute approximate surface area is 171 Å². The van der Waals surface area contributed by atoms with Crippen molar-refractivity contribution in [3.63, 3.8) is 0 Å². The van der Waals surface area contributed by atoms with Crippen LogP contribution in [0.15, 0.2) is 54.6 Å². The van der Waals surface area contributed by atoms with E-state index in [-0.39, 0.29) is 30.3 Å². The smallest absolute Gasteiger partial charge is 0.261 e. The summed E-state index contributed by atoms with van der Waals surface area (Å²) in [6.45, 7) is 5.84. The molecular weight excluding hydrogens is 371 g/mol. The highest BCUT2D eigenvalue weighted by Gasteiger charge is 2.28. The van der Waals surface area contributed by atoms with Crippen LogP contribution in [0.3, 0.4) is 0 Å². The molecule has 1 atom stereocenters. The van der Waals surface area contributed by atoms with Crippen molar-refractivity contribution < 1.29 is 18.7 Å². The quantitative estimate of drug-likeness (QED) is 0.663. The summed E-state index contributed by atoms with van der Waals surface area (Å²) in [5.41, 5.74) is 1.09. The second kappa shape index (κ2) is 11.2. The molecule has 1 N–H and O–H groups in total. The zero-order chi connectivity index (χ0) is 21.2. The number of rotatable bonds is 10. The molecule has 0 spiro atoms. The van der Waals surface area contributed by atoms with Crippen LogP contribution in [0.2, 0.25) is 0 Å². The maximum atomic E-state index is 13.0. The molecule has 0 fully saturated rings. The van der Waals surface area contributed by atoms with Crippen LogP contribution in [0.25, 0.3) is 0 Å². The summed E-state index contributed by atoms with van der Waals surface area (Å²) in [6, 6.07) is 14.7. The molecule has 0 aromatic heterocycles. The Morgan fingerprint density at radius 2 is 1.72 bits per heavy atom. The zero-order valence-corrected chi connectivity index (χ0v) is 17.2. The SMILES string of the molecule is CC[C@@H](C(=O)NC(C)C)N(CCc1ccccc1)C(=O)COc1ccc(F)cc1. The van der Waals surface area contributed by atoms with E-state index in [9.17, 15) is 14.0 Å². The average molecular weight is 400 g/mol. The first kappa shape index (κ1) is 22.4. The van der Waals surface area contributed by atoms with Crippen LogP contribution in [-0.2, 0) is 16.0 Å². The summed E-state index contributed by atoms with van der Waals surface area (Å²) in [5, 5.41) is 2.89. The lowest BCUT2D eigenvalue weighted by atomic mass is 10.1. The highest BCUT2D eigenvalue weighted by molar-refractivity contribution is 5.88. The van der Waals surface area contributed by atoms with Crippen molar-refractivity contribution in [2.75, 3.05) is 13.2 Å². The summed E-state index contributed by atoms with van der Waals surface area (Å²) in [6.07, 6.45) is 1.13. The fourth-order valence-corrected chi connectivity index (χ4v) is 3.04. The maximum Gasteiger partial charge on any atom is 0.261 e. The van der Waals surface area contributed by atoms with E-state index in [4.69, 9.17) is 4.74 Å². The van der Waals surface area contributed by atoms with E-state index in [1.807, 2.05) is 51.1 Å². The fraction of sp³-hybridized carbons (Fsp3) is 0.391. The highest BCUT2D eigenvalue weighted by atomic mass is 19.1. The largest absolute Gasteiger partial charge is 0.484 e. The Hall–Kier alpha value is -2.89. The number of carbonyl (C=O) groups excluding carboxylic acids is 2. The van der Waals surface area contributed by atoms with Crippen LogP contribution in [0, 0.1) is 5.82 Å². The molecule has 0 radical (unpaired) electrons. The molecule has 2 aromatic carbocycles. The van der Waals surface area contributed by atoms with E-state index in [0.29, 0.717) is 25.1 Å². The van der Waals surface area contributed by atoms with Crippen molar-refractivity contribution in [3.8, 4) is 5.75 Å². The topological polar surface area (TPSA) is 58.6 Å². The summed E-state index contributed by atoms with van der Waals surface area (Å²) in [4.78, 5) is 27.2. The van der Waals surface area contributed by atoms with E-state index in [0.717, 1.165) is 5.56 Å². The molecule has 0 saturated carbocycles. The van der Waals surface area contributed by atoms with Gasteiger partial charge in [0.15, 0.2) is 6.61 Å². The lowest BCUT2D eigenvalue weighted by molar-refractivity contribution is -0.142. The lowest BCUT2D eigenvalue weighted by Gasteiger charge is -2.31. The molecule has 2 amide bonds. The molecule has 0 bridgehead atoms. The van der Waals surface area contributed by atoms with Gasteiger partial charge in [-0.2, -0.15) is 0 Å². The van der Waals surface area contributed by atoms with E-state index in [1.54, 1.807) is 4.90 Å². The van der Waals surface area contributed by atoms with Gasteiger partial charge in [-0.05, 0) is 56.5 Å². The van der Waals surface area contributed by atoms with Gasteiger partial charge in [0.05, 0.1) is 0 Å². The van der Waals surface area contributed by atoms with Gasteiger partial charge >= 0.3 is 0 Å². The molecule has 2 aromatic rings. The van der Waals surface area contributed by atoms with Crippen LogP contribution in [0.1, 0.15) is 32.8 Å². The Morgan fingerprint density at radius 1 is 1.07 bits per heavy atom. The van der Waals surface area contributed by atoms with Crippen molar-refractivity contribution in [1.29, 1.82) is 0 Å². The highest BCUT2D eigenvalue weighted by Crippen LogP contribution is 2.13. The van der Waals surface area contributed by atoms with Gasteiger partial charge < -0.3 is 15.0 Å². The molecule has 0 aliphatic heterocycles. The minimum absolute atomic E-state index is 0.0157. The number of hydrogen-bond donors (Lipinski definition) is 1. The molecule has 0 aliphatic rings. The summed E-state index contributed by atoms with van der Waals surface area (Å²) < 4.78 is 18.6. The van der Waals surface area contributed by atoms with Gasteiger partial charge in [0.2, 0.25) is 5.91 Å². The molecule has 0 unspecified atom stereocenters. The number of nitrogens with one attached hydrogen (secondary N) is 1. The summed E-state index contributed by atoms with van der Waals surface area (Å²) >= 11 is 0. The van der Waals surface area contributed by atoms with Gasteiger partial charge in [-0.25, -0.2) is 4.39 Å². The normalized spacial score (nSPS) is 11.8. The first-order chi connectivity index (χ1) is 13.9. The number of carbonyl (C=O) groups is 2. The van der Waals surface area contributed by atoms with Crippen molar-refractivity contribution in [2.24, 2.45) is 0 Å². The molecule has 6 heteroatoms. The Balaban J connectivity index is 2.11. The van der Waals surface area contributed by atoms with E-state index in [2.05, 4.69) is 5.32 Å². The van der Waals surface area contributed by atoms with Gasteiger partial charge in [0, 0.05) is 12.6 Å². The monoisotopic (exact) mass is 400 g/mol. The number of nitrogens with zero attached hydrogens (tertiary/aromatic N) is 1. The van der Waals surface area contributed by atoms with E-state index in [1.165, 1.54) is 24.3 Å². The number of benzene rings is 2. The molecule has 0 saturated heterocycles. The number of ether oxygens (including phenoxy) is 1. The molecule has 0 heterocycles. The third-order valence-electron chi connectivity index (χ3n) is 4.48. The third-order valence-corrected chi connectivity index (χ3v) is 4.48. The van der Waals surface area contributed by atoms with Crippen molar-refractivity contribution in [3.05, 3.63) is 66.0 Å². The Morgan fingerprint density at radius 3 is 2.31 bits per heavy atom. The predicted octanol–water partition coefficient (Wildman–Crippen LogP) is 3.58. The molecule has 156 valence electrons. The van der Waals surface area contributed by atoms with Crippen molar-refractivity contribution in [2.45, 2.75) is 45.7 Å². The van der Waals surface area contributed by atoms with Gasteiger partial charge in [-0.1, -0.05) is 37.3 Å². The first-order valence-electron chi connectivity index (χ1n) is 9.92. The minimum Gasteiger partial charge on any atom is -0.484 e. The maximum absolute atomic E-state index is 13.0. The van der Waals surface area contributed by atoms with Crippen molar-refractivity contribution >= 4 is 11.8 Å². The lowest BCUT2D eigenvalue weighted by Crippen LogP contribution is -2.52. The van der Waals surface area contributed by atoms with Crippen LogP contribution >= 0.6 is 0 Å². The molecular formula is C23H29FN2O3. The molecule has 5 nitrogen and oxygen atoms in total. The number of hydrogen-bond acceptors (Lipinski definition) is 3. The minimum atomic E-state index is -0.578. The third kappa shape index (κ3) is 7.22. The van der Waals surface area contributed by atoms with E-state index >= 15 is 0 Å². The van der Waals surface area contributed by atoms with Crippen molar-refractivity contribution in [1.82, 2.24) is 10.2 Å². The first-order valence-corrected chi connectivity index (χ1v) is 9.92. The number of amides is 2. The second-order valence-electron chi connectivity index (χ2n) is 7.15. The standard InChI is InChI=1S/C23H29FN2O3/c1-4-21(23(28)25-17(2)3)26(15-14-18-8-6-5-7-9-18)22(27)16-29-20-12-10-19(24)11-13-20/h5-13,17,21H,4,14-16H2,1-3H3,(H,25,28)/t21-/m0/s1. The summed E-state index contributed by atoms with van der Waals surface area (Å²) in [5.74, 6) is -0.422. The van der Waals surface area contributed by atoms with Gasteiger partial charge in [-0.3, -0.25) is 9.59 Å². The van der Waals surface area contributed by atoms with Crippen LogP contribution in [0.5, 0.6) is 5.75 Å². The number of halogens is 1. The molecule has 2 rings (SSSR count). The van der Waals surface area contributed by atoms with Gasteiger partial charge in [-0.15, -0.1) is 0 Å². The molecule has 29 heavy (non-hydrogen) atoms. The average Bonchev–Trinajstić information content (AvgIpc) is 2.70. The fourth-order valence-electron chi connectivity index (χ4n) is 3.04. The Kier molecular flexibility index (Phi) is 8.65. The zero-order valence-electron chi connectivity index (χ0n) is 17.2. The van der Waals surface area contributed by atoms with Crippen LogP contribution in [0.4, 0.5) is 4.39 Å². The van der Waals surface area contributed by atoms with Gasteiger partial charge in [0.1, 0.15) is 17.6 Å². The van der Waals surface area contributed by atoms with Gasteiger partial charge in [0.25, 0.3) is 5.91 Å². The summed E-state index contributed by atoms with van der Waals surface area (Å²) in [7, 11) is 0. The van der Waals surface area contributed by atoms with E-state index < -0.39 is 6.04 Å². The predicted molar refractivity (Wildman–Crippen MR) is 111 cm³/mol. The molecule has 0 aliphatic carbocycles.